The summed E-state index contributed by atoms with van der Waals surface area (Å²) >= 11 is 0. The number of pyridine rings is 2. The summed E-state index contributed by atoms with van der Waals surface area (Å²) in [7, 11) is -3.24. The summed E-state index contributed by atoms with van der Waals surface area (Å²) in [4.78, 5) is 101. The zero-order valence-electron chi connectivity index (χ0n) is 51.9. The topological polar surface area (TPSA) is 331 Å². The van der Waals surface area contributed by atoms with Crippen molar-refractivity contribution in [3.8, 4) is 23.3 Å². The zero-order chi connectivity index (χ0) is 66.3. The minimum atomic E-state index is -3.87. The molecule has 5 N–H and O–H groups in total. The fourth-order valence-corrected chi connectivity index (χ4v) is 14.4. The molecule has 92 heavy (non-hydrogen) atoms. The van der Waals surface area contributed by atoms with E-state index in [1.165, 1.54) is 4.90 Å². The van der Waals surface area contributed by atoms with Crippen LogP contribution < -0.4 is 39.0 Å². The Hall–Kier alpha value is -8.27. The van der Waals surface area contributed by atoms with Crippen molar-refractivity contribution in [1.82, 2.24) is 34.9 Å². The summed E-state index contributed by atoms with van der Waals surface area (Å²) in [5.41, 5.74) is -2.74. The number of carbonyl (C=O) groups is 7. The standard InChI is InChI=1S/C38H44N4O9S.C25H29N3O6S.C2H4BO2/c1-6-25-20-38(25,35(45)41-52(47,48)28-13-14-28)21-31(43)30-19-27(50-33-29-15-12-26(49-5)18-24(29)16-17-39-33)22-42(30)34(44)32(23-10-8-7-9-11-23)40-36(46)51-37(2,3)4;1-3-16-12-25(16,24(30)28-35(31,32)19-5-6-19)13-22(29)21-11-18(14-27-21)34-23-20-7-4-17(33-2)10-15(20)8-9-26-23;4-1-3-2-5/h6-12,15-18,25,27-28,30,32H,1,13-14,19-22H2,2-5H3,(H,40,46)(H,41,45);3-4,7-10,16,18-19,21,27H,1,5-6,11-14H2,2H3,(H,28,30);1,5H,2H2/t25-,27-,30+,32+,38-;16-,18-,21+,25-;/m11./s1. The number of ether oxygens (including phenoxy) is 5. The Kier molecular flexibility index (Phi) is 21.0. The highest BCUT2D eigenvalue weighted by molar-refractivity contribution is 7.91. The van der Waals surface area contributed by atoms with Gasteiger partial charge in [-0.1, -0.05) is 42.5 Å². The molecule has 24 nitrogen and oxygen atoms in total. The Morgan fingerprint density at radius 2 is 1.25 bits per heavy atom. The Bertz CT molecular complexity index is 3870. The van der Waals surface area contributed by atoms with Crippen LogP contribution in [-0.2, 0) is 53.6 Å². The van der Waals surface area contributed by atoms with E-state index in [0.29, 0.717) is 79.7 Å². The number of aliphatic hydroxyl groups is 1. The molecule has 4 aliphatic carbocycles. The summed E-state index contributed by atoms with van der Waals surface area (Å²) in [5, 5.41) is 15.8. The van der Waals surface area contributed by atoms with Gasteiger partial charge >= 0.3 is 6.09 Å². The number of carbonyl (C=O) groups excluding carboxylic acids is 7. The molecule has 2 aromatic heterocycles. The van der Waals surface area contributed by atoms with Gasteiger partial charge in [-0.05, 0) is 136 Å². The highest BCUT2D eigenvalue weighted by atomic mass is 32.2. The van der Waals surface area contributed by atoms with E-state index in [0.717, 1.165) is 29.2 Å². The van der Waals surface area contributed by atoms with Crippen molar-refractivity contribution in [2.45, 2.75) is 131 Å². The van der Waals surface area contributed by atoms with Gasteiger partial charge in [-0.15, -0.1) is 13.2 Å². The molecule has 6 fully saturated rings. The number of likely N-dealkylation sites (tertiary alicyclic amines) is 1. The highest BCUT2D eigenvalue weighted by Gasteiger charge is 2.63. The van der Waals surface area contributed by atoms with Gasteiger partial charge < -0.3 is 49.1 Å². The minimum Gasteiger partial charge on any atom is -0.497 e. The first-order valence-corrected chi connectivity index (χ1v) is 33.5. The van der Waals surface area contributed by atoms with Gasteiger partial charge in [0, 0.05) is 61.9 Å². The number of aromatic nitrogens is 2. The van der Waals surface area contributed by atoms with Gasteiger partial charge in [-0.2, -0.15) is 0 Å². The SMILES string of the molecule is C=C[C@@H]1C[C@]1(CC(=O)[C@@H]1C[C@@H](Oc2nccc3cc(OC)ccc23)CN1)C(=O)NS(=O)(=O)C1CC1.C=C[C@@H]1C[C@]1(CC(=O)[C@@H]1C[C@@H](Oc2nccc3cc(OC)ccc23)CN1C(=O)[C@@H](NC(=O)OC(C)(C)C)c1ccccc1)C(=O)NS(=O)(=O)C1CC1.O=C[B]CO. The maximum absolute atomic E-state index is 14.6. The lowest BCUT2D eigenvalue weighted by Crippen LogP contribution is -2.49. The molecule has 6 aliphatic rings. The van der Waals surface area contributed by atoms with Gasteiger partial charge in [0.1, 0.15) is 35.3 Å². The third-order valence-corrected chi connectivity index (χ3v) is 20.8. The lowest BCUT2D eigenvalue weighted by Gasteiger charge is -2.30. The van der Waals surface area contributed by atoms with Crippen molar-refractivity contribution in [2.75, 3.05) is 33.8 Å². The second-order valence-electron chi connectivity index (χ2n) is 24.9. The molecule has 489 valence electrons. The molecule has 3 aromatic carbocycles. The number of nitrogens with one attached hydrogen (secondary N) is 4. The number of fused-ring (bicyclic) bond motifs is 2. The predicted molar refractivity (Wildman–Crippen MR) is 341 cm³/mol. The molecular weight excluding hydrogens is 1230 g/mol. The van der Waals surface area contributed by atoms with Gasteiger partial charge in [-0.25, -0.2) is 31.6 Å². The fraction of sp³-hybridized carbons (Fsp3) is 0.462. The van der Waals surface area contributed by atoms with Crippen LogP contribution in [0.3, 0.4) is 0 Å². The van der Waals surface area contributed by atoms with Crippen LogP contribution in [0, 0.1) is 22.7 Å². The average Bonchev–Trinajstić information content (AvgIpc) is 1.58. The number of nitrogens with zero attached hydrogens (tertiary/aromatic N) is 3. The van der Waals surface area contributed by atoms with Gasteiger partial charge in [0.2, 0.25) is 50.9 Å². The van der Waals surface area contributed by atoms with Crippen LogP contribution in [0.4, 0.5) is 4.79 Å². The van der Waals surface area contributed by atoms with Crippen molar-refractivity contribution in [3.63, 3.8) is 0 Å². The van der Waals surface area contributed by atoms with Crippen LogP contribution in [0.15, 0.2) is 117 Å². The summed E-state index contributed by atoms with van der Waals surface area (Å²) in [6.07, 6.45) is 8.08. The van der Waals surface area contributed by atoms with Crippen molar-refractivity contribution in [3.05, 3.63) is 122 Å². The van der Waals surface area contributed by atoms with E-state index in [4.69, 9.17) is 28.8 Å². The van der Waals surface area contributed by atoms with Crippen LogP contribution in [0.2, 0.25) is 0 Å². The number of amides is 4. The number of sulfonamides is 2. The van der Waals surface area contributed by atoms with Crippen LogP contribution in [-0.4, -0.2) is 160 Å². The molecule has 5 aromatic rings. The summed E-state index contributed by atoms with van der Waals surface area (Å²) in [6.45, 7) is 12.9. The van der Waals surface area contributed by atoms with E-state index in [-0.39, 0.29) is 56.5 Å². The van der Waals surface area contributed by atoms with Crippen molar-refractivity contribution >= 4 is 90.4 Å². The monoisotopic (exact) mass is 1300 g/mol. The van der Waals surface area contributed by atoms with E-state index in [1.54, 1.807) is 95.9 Å². The van der Waals surface area contributed by atoms with Gasteiger partial charge in [0.25, 0.3) is 5.91 Å². The smallest absolute Gasteiger partial charge is 0.408 e. The van der Waals surface area contributed by atoms with Gasteiger partial charge in [0.05, 0.1) is 60.4 Å². The first kappa shape index (κ1) is 68.1. The van der Waals surface area contributed by atoms with Crippen LogP contribution in [0.1, 0.15) is 96.6 Å². The van der Waals surface area contributed by atoms with Crippen molar-refractivity contribution in [2.24, 2.45) is 22.7 Å². The number of rotatable bonds is 25. The summed E-state index contributed by atoms with van der Waals surface area (Å²) < 4.78 is 83.1. The van der Waals surface area contributed by atoms with E-state index in [2.05, 4.69) is 43.2 Å². The normalized spacial score (nSPS) is 24.1. The summed E-state index contributed by atoms with van der Waals surface area (Å²) in [5.74, 6) is -0.957. The lowest BCUT2D eigenvalue weighted by atomic mass is 9.84. The fourth-order valence-electron chi connectivity index (χ4n) is 11.7. The number of methoxy groups -OCH3 is 2. The Labute approximate surface area is 535 Å². The first-order chi connectivity index (χ1) is 43.8. The number of benzene rings is 3. The highest BCUT2D eigenvalue weighted by Crippen LogP contribution is 2.58. The predicted octanol–water partition coefficient (Wildman–Crippen LogP) is 5.56. The number of allylic oxidation sites excluding steroid dienone is 2. The maximum atomic E-state index is 14.6. The third-order valence-electron chi connectivity index (χ3n) is 17.2. The van der Waals surface area contributed by atoms with Crippen molar-refractivity contribution < 1.29 is 79.2 Å². The summed E-state index contributed by atoms with van der Waals surface area (Å²) in [6, 6.07) is 20.6. The number of alkyl carbamates (subject to hydrolysis) is 1. The molecular formula is C65H77BN7O17S2. The van der Waals surface area contributed by atoms with Crippen LogP contribution in [0.25, 0.3) is 21.5 Å². The van der Waals surface area contributed by atoms with E-state index in [9.17, 15) is 50.4 Å². The molecule has 0 spiro atoms. The largest absolute Gasteiger partial charge is 0.497 e. The molecule has 0 unspecified atom stereocenters. The molecule has 2 aliphatic heterocycles. The number of hydrogen-bond acceptors (Lipinski definition) is 20. The molecule has 0 bridgehead atoms. The second-order valence-corrected chi connectivity index (χ2v) is 28.8. The lowest BCUT2D eigenvalue weighted by molar-refractivity contribution is -0.140. The van der Waals surface area contributed by atoms with E-state index in [1.807, 2.05) is 42.5 Å². The number of Topliss-reactive ketones (excluding diaryl/α,β-unsaturated/α-hetero) is 2. The van der Waals surface area contributed by atoms with Crippen molar-refractivity contribution in [1.29, 1.82) is 0 Å². The number of aliphatic hydroxyl groups excluding tert-OH is 1. The molecule has 2 saturated heterocycles. The van der Waals surface area contributed by atoms with Gasteiger partial charge in [0.15, 0.2) is 11.6 Å². The molecule has 1 radical (unpaired) electrons. The maximum Gasteiger partial charge on any atom is 0.408 e. The molecule has 27 heteroatoms. The van der Waals surface area contributed by atoms with Crippen LogP contribution in [0.5, 0.6) is 23.3 Å². The van der Waals surface area contributed by atoms with E-state index >= 15 is 0 Å². The Balaban J connectivity index is 0.000000216. The van der Waals surface area contributed by atoms with E-state index < -0.39 is 107 Å². The Morgan fingerprint density at radius 3 is 1.70 bits per heavy atom. The quantitative estimate of drug-likeness (QED) is 0.0271. The second kappa shape index (κ2) is 28.3. The van der Waals surface area contributed by atoms with Crippen LogP contribution >= 0.6 is 0 Å². The minimum absolute atomic E-state index is 0.0353. The average molecular weight is 1300 g/mol. The first-order valence-electron chi connectivity index (χ1n) is 30.4. The zero-order valence-corrected chi connectivity index (χ0v) is 53.5. The third kappa shape index (κ3) is 16.1. The number of hydrogen-bond donors (Lipinski definition) is 5. The Morgan fingerprint density at radius 1 is 0.739 bits per heavy atom. The molecule has 4 heterocycles. The van der Waals surface area contributed by atoms with Gasteiger partial charge in [-0.3, -0.25) is 33.4 Å². The molecule has 9 atom stereocenters. The number of ketones is 2. The molecule has 11 rings (SSSR count). The molecule has 4 amide bonds. The molecule has 4 saturated carbocycles.